The predicted octanol–water partition coefficient (Wildman–Crippen LogP) is 3.52. The fourth-order valence-corrected chi connectivity index (χ4v) is 4.00. The van der Waals surface area contributed by atoms with Crippen LogP contribution < -0.4 is 5.56 Å². The Labute approximate surface area is 147 Å². The largest absolute Gasteiger partial charge is 0.331 e. The summed E-state index contributed by atoms with van der Waals surface area (Å²) in [5.41, 5.74) is 0.309. The van der Waals surface area contributed by atoms with Gasteiger partial charge in [-0.25, -0.2) is 4.68 Å². The molecule has 1 aromatic heterocycles. The van der Waals surface area contributed by atoms with Crippen LogP contribution in [0.25, 0.3) is 10.8 Å². The van der Waals surface area contributed by atoms with Gasteiger partial charge in [-0.3, -0.25) is 9.59 Å². The van der Waals surface area contributed by atoms with Crippen LogP contribution in [0.1, 0.15) is 68.9 Å². The van der Waals surface area contributed by atoms with Crippen LogP contribution in [0.2, 0.25) is 0 Å². The molecular formula is C20H25N3O2. The number of carbonyl (C=O) groups is 1. The smallest absolute Gasteiger partial charge is 0.275 e. The Morgan fingerprint density at radius 2 is 1.68 bits per heavy atom. The van der Waals surface area contributed by atoms with Gasteiger partial charge in [-0.2, -0.15) is 5.10 Å². The van der Waals surface area contributed by atoms with Gasteiger partial charge in [-0.15, -0.1) is 0 Å². The summed E-state index contributed by atoms with van der Waals surface area (Å²) in [4.78, 5) is 28.2. The zero-order chi connectivity index (χ0) is 17.6. The molecular weight excluding hydrogens is 314 g/mol. The summed E-state index contributed by atoms with van der Waals surface area (Å²) in [6, 6.07) is 7.97. The van der Waals surface area contributed by atoms with Crippen LogP contribution >= 0.6 is 0 Å². The van der Waals surface area contributed by atoms with E-state index in [1.165, 1.54) is 17.5 Å². The Balaban J connectivity index is 1.85. The molecule has 2 saturated carbocycles. The van der Waals surface area contributed by atoms with E-state index in [1.54, 1.807) is 6.07 Å². The maximum Gasteiger partial charge on any atom is 0.275 e. The Kier molecular flexibility index (Phi) is 4.10. The van der Waals surface area contributed by atoms with E-state index < -0.39 is 0 Å². The third kappa shape index (κ3) is 2.86. The van der Waals surface area contributed by atoms with E-state index in [2.05, 4.69) is 10.00 Å². The number of benzene rings is 1. The Morgan fingerprint density at radius 1 is 1.08 bits per heavy atom. The van der Waals surface area contributed by atoms with E-state index in [0.29, 0.717) is 28.6 Å². The summed E-state index contributed by atoms with van der Waals surface area (Å²) in [6.07, 6.45) is 6.74. The van der Waals surface area contributed by atoms with Crippen molar-refractivity contribution in [2.75, 3.05) is 0 Å². The Bertz CT molecular complexity index is 861. The van der Waals surface area contributed by atoms with Crippen LogP contribution in [0.5, 0.6) is 0 Å². The minimum atomic E-state index is -0.124. The van der Waals surface area contributed by atoms with Crippen molar-refractivity contribution < 1.29 is 4.79 Å². The highest BCUT2D eigenvalue weighted by Gasteiger charge is 2.40. The maximum atomic E-state index is 13.5. The van der Waals surface area contributed by atoms with E-state index in [0.717, 1.165) is 25.7 Å². The molecule has 132 valence electrons. The van der Waals surface area contributed by atoms with Crippen LogP contribution in [0.3, 0.4) is 0 Å². The molecule has 1 amide bonds. The molecule has 0 bridgehead atoms. The highest BCUT2D eigenvalue weighted by atomic mass is 16.2. The lowest BCUT2D eigenvalue weighted by molar-refractivity contribution is 0.0657. The standard InChI is InChI=1S/C20H25N3O2/c1-13(2)23-19(24)17-10-6-5-9-16(17)18(21-23)20(25)22(15-11-12-15)14-7-3-4-8-14/h5-6,9-10,13-15H,3-4,7-8,11-12H2,1-2H3. The summed E-state index contributed by atoms with van der Waals surface area (Å²) in [5.74, 6) is 0.000000000000000222. The van der Waals surface area contributed by atoms with Crippen molar-refractivity contribution in [2.24, 2.45) is 0 Å². The van der Waals surface area contributed by atoms with Crippen LogP contribution in [-0.2, 0) is 0 Å². The quantitative estimate of drug-likeness (QED) is 0.856. The molecule has 2 fully saturated rings. The van der Waals surface area contributed by atoms with Gasteiger partial charge >= 0.3 is 0 Å². The maximum absolute atomic E-state index is 13.5. The predicted molar refractivity (Wildman–Crippen MR) is 97.8 cm³/mol. The summed E-state index contributed by atoms with van der Waals surface area (Å²) in [7, 11) is 0. The average molecular weight is 339 g/mol. The zero-order valence-corrected chi connectivity index (χ0v) is 14.9. The van der Waals surface area contributed by atoms with Crippen LogP contribution in [0.15, 0.2) is 29.1 Å². The lowest BCUT2D eigenvalue weighted by Gasteiger charge is -2.29. The number of rotatable bonds is 4. The zero-order valence-electron chi connectivity index (χ0n) is 14.9. The van der Waals surface area contributed by atoms with Gasteiger partial charge in [0.2, 0.25) is 0 Å². The third-order valence-corrected chi connectivity index (χ3v) is 5.41. The van der Waals surface area contributed by atoms with E-state index in [1.807, 2.05) is 32.0 Å². The number of fused-ring (bicyclic) bond motifs is 1. The van der Waals surface area contributed by atoms with E-state index in [9.17, 15) is 9.59 Å². The molecule has 2 aliphatic carbocycles. The molecule has 5 heteroatoms. The van der Waals surface area contributed by atoms with Crippen molar-refractivity contribution in [3.8, 4) is 0 Å². The van der Waals surface area contributed by atoms with E-state index in [4.69, 9.17) is 0 Å². The van der Waals surface area contributed by atoms with Crippen molar-refractivity contribution in [3.05, 3.63) is 40.3 Å². The minimum Gasteiger partial charge on any atom is -0.331 e. The number of hydrogen-bond donors (Lipinski definition) is 0. The molecule has 0 atom stereocenters. The monoisotopic (exact) mass is 339 g/mol. The summed E-state index contributed by atoms with van der Waals surface area (Å²) >= 11 is 0. The Hall–Kier alpha value is -2.17. The molecule has 0 saturated heterocycles. The summed E-state index contributed by atoms with van der Waals surface area (Å²) in [6.45, 7) is 3.85. The molecule has 2 aromatic rings. The first-order valence-electron chi connectivity index (χ1n) is 9.42. The number of carbonyl (C=O) groups excluding carboxylic acids is 1. The molecule has 4 rings (SSSR count). The highest BCUT2D eigenvalue weighted by molar-refractivity contribution is 6.05. The normalized spacial score (nSPS) is 18.2. The van der Waals surface area contributed by atoms with E-state index >= 15 is 0 Å². The van der Waals surface area contributed by atoms with Gasteiger partial charge in [-0.1, -0.05) is 31.0 Å². The van der Waals surface area contributed by atoms with Gasteiger partial charge in [0, 0.05) is 17.5 Å². The first kappa shape index (κ1) is 16.3. The van der Waals surface area contributed by atoms with Crippen LogP contribution in [0.4, 0.5) is 0 Å². The van der Waals surface area contributed by atoms with Gasteiger partial charge < -0.3 is 4.90 Å². The van der Waals surface area contributed by atoms with Crippen molar-refractivity contribution >= 4 is 16.7 Å². The summed E-state index contributed by atoms with van der Waals surface area (Å²) < 4.78 is 1.45. The second-order valence-electron chi connectivity index (χ2n) is 7.62. The minimum absolute atomic E-state index is 0.000000000000000222. The lowest BCUT2D eigenvalue weighted by Crippen LogP contribution is -2.42. The average Bonchev–Trinajstić information content (AvgIpc) is 3.29. The van der Waals surface area contributed by atoms with Crippen molar-refractivity contribution in [1.29, 1.82) is 0 Å². The first-order chi connectivity index (χ1) is 12.1. The highest BCUT2D eigenvalue weighted by Crippen LogP contribution is 2.36. The summed E-state index contributed by atoms with van der Waals surface area (Å²) in [5, 5.41) is 5.77. The van der Waals surface area contributed by atoms with Gasteiger partial charge in [0.15, 0.2) is 5.69 Å². The second-order valence-corrected chi connectivity index (χ2v) is 7.62. The molecule has 0 unspecified atom stereocenters. The first-order valence-corrected chi connectivity index (χ1v) is 9.42. The molecule has 1 heterocycles. The second kappa shape index (κ2) is 6.28. The van der Waals surface area contributed by atoms with Crippen molar-refractivity contribution in [3.63, 3.8) is 0 Å². The molecule has 0 radical (unpaired) electrons. The third-order valence-electron chi connectivity index (χ3n) is 5.41. The molecule has 5 nitrogen and oxygen atoms in total. The number of aromatic nitrogens is 2. The van der Waals surface area contributed by atoms with Crippen molar-refractivity contribution in [2.45, 2.75) is 70.5 Å². The fourth-order valence-electron chi connectivity index (χ4n) is 4.00. The molecule has 0 aliphatic heterocycles. The van der Waals surface area contributed by atoms with Gasteiger partial charge in [0.05, 0.1) is 11.4 Å². The molecule has 1 aromatic carbocycles. The molecule has 2 aliphatic rings. The number of amides is 1. The topological polar surface area (TPSA) is 55.2 Å². The molecule has 0 spiro atoms. The number of nitrogens with zero attached hydrogens (tertiary/aromatic N) is 3. The van der Waals surface area contributed by atoms with Gasteiger partial charge in [-0.05, 0) is 45.6 Å². The van der Waals surface area contributed by atoms with Gasteiger partial charge in [0.1, 0.15) is 0 Å². The van der Waals surface area contributed by atoms with Crippen LogP contribution in [0, 0.1) is 0 Å². The lowest BCUT2D eigenvalue weighted by atomic mass is 10.1. The van der Waals surface area contributed by atoms with Gasteiger partial charge in [0.25, 0.3) is 11.5 Å². The fraction of sp³-hybridized carbons (Fsp3) is 0.550. The molecule has 0 N–H and O–H groups in total. The van der Waals surface area contributed by atoms with Crippen molar-refractivity contribution in [1.82, 2.24) is 14.7 Å². The van der Waals surface area contributed by atoms with E-state index in [-0.39, 0.29) is 17.5 Å². The number of hydrogen-bond acceptors (Lipinski definition) is 3. The molecule has 25 heavy (non-hydrogen) atoms. The SMILES string of the molecule is CC(C)n1nc(C(=O)N(C2CCCC2)C2CC2)c2ccccc2c1=O. The van der Waals surface area contributed by atoms with Crippen LogP contribution in [-0.4, -0.2) is 32.7 Å². The Morgan fingerprint density at radius 3 is 2.28 bits per heavy atom.